The minimum absolute atomic E-state index is 0.0193. The molecule has 2 rings (SSSR count). The van der Waals surface area contributed by atoms with Gasteiger partial charge in [0.15, 0.2) is 0 Å². The molecule has 0 saturated heterocycles. The van der Waals surface area contributed by atoms with E-state index in [0.29, 0.717) is 6.42 Å². The Morgan fingerprint density at radius 1 is 1.43 bits per heavy atom. The van der Waals surface area contributed by atoms with Crippen LogP contribution in [0.15, 0.2) is 41.8 Å². The minimum atomic E-state index is -0.0752. The topological polar surface area (TPSA) is 101 Å². The monoisotopic (exact) mass is 288 g/mol. The molecule has 2 aromatic rings. The van der Waals surface area contributed by atoms with E-state index < -0.39 is 0 Å². The van der Waals surface area contributed by atoms with Crippen molar-refractivity contribution in [3.05, 3.63) is 48.0 Å². The third-order valence-corrected chi connectivity index (χ3v) is 3.33. The van der Waals surface area contributed by atoms with Crippen LogP contribution < -0.4 is 11.1 Å². The quantitative estimate of drug-likeness (QED) is 0.322. The first-order chi connectivity index (χ1) is 10.1. The molecule has 0 aliphatic heterocycles. The van der Waals surface area contributed by atoms with Crippen LogP contribution in [0.1, 0.15) is 36.8 Å². The van der Waals surface area contributed by atoms with Crippen molar-refractivity contribution in [2.24, 2.45) is 17.9 Å². The summed E-state index contributed by atoms with van der Waals surface area (Å²) in [7, 11) is 1.90. The van der Waals surface area contributed by atoms with Crippen LogP contribution in [0.5, 0.6) is 0 Å². The largest absolute Gasteiger partial charge is 0.409 e. The average molecular weight is 288 g/mol. The van der Waals surface area contributed by atoms with Crippen LogP contribution in [0.2, 0.25) is 0 Å². The van der Waals surface area contributed by atoms with Gasteiger partial charge in [0.25, 0.3) is 0 Å². The summed E-state index contributed by atoms with van der Waals surface area (Å²) in [6.45, 7) is 2.01. The summed E-state index contributed by atoms with van der Waals surface area (Å²) in [4.78, 5) is 0. The summed E-state index contributed by atoms with van der Waals surface area (Å²) < 4.78 is 1.86. The number of amidine groups is 1. The number of hydrogen-bond donors (Lipinski definition) is 3. The Hall–Kier alpha value is -2.41. The second kappa shape index (κ2) is 6.85. The van der Waals surface area contributed by atoms with Gasteiger partial charge in [0.2, 0.25) is 0 Å². The molecule has 7 nitrogen and oxygen atoms in total. The van der Waals surface area contributed by atoms with Crippen LogP contribution in [-0.4, -0.2) is 25.8 Å². The molecule has 0 amide bonds. The van der Waals surface area contributed by atoms with Gasteiger partial charge in [-0.3, -0.25) is 0 Å². The maximum atomic E-state index is 8.80. The van der Waals surface area contributed by atoms with Crippen molar-refractivity contribution in [3.63, 3.8) is 0 Å². The van der Waals surface area contributed by atoms with Crippen molar-refractivity contribution in [2.45, 2.75) is 25.4 Å². The molecule has 2 atom stereocenters. The molecule has 0 radical (unpaired) electrons. The van der Waals surface area contributed by atoms with E-state index in [-0.39, 0.29) is 17.9 Å². The standard InChI is InChI=1S/C14H20N6O/c1-10(14-18-16-9-20(14)2)17-12(8-13(15)19-21)11-6-4-3-5-7-11/h3-7,9-10,12,17,21H,8H2,1-2H3,(H2,15,19). The number of aryl methyl sites for hydroxylation is 1. The first-order valence-corrected chi connectivity index (χ1v) is 6.73. The Bertz CT molecular complexity index is 595. The fourth-order valence-corrected chi connectivity index (χ4v) is 2.27. The second-order valence-electron chi connectivity index (χ2n) is 4.95. The van der Waals surface area contributed by atoms with E-state index in [2.05, 4.69) is 20.7 Å². The van der Waals surface area contributed by atoms with Gasteiger partial charge in [-0.2, -0.15) is 0 Å². The molecule has 112 valence electrons. The Morgan fingerprint density at radius 3 is 2.71 bits per heavy atom. The van der Waals surface area contributed by atoms with E-state index >= 15 is 0 Å². The SMILES string of the molecule is CC(NC(CC(N)=NO)c1ccccc1)c1nncn1C. The molecule has 1 aromatic heterocycles. The van der Waals surface area contributed by atoms with Gasteiger partial charge < -0.3 is 20.8 Å². The summed E-state index contributed by atoms with van der Waals surface area (Å²) in [5, 5.41) is 23.3. The average Bonchev–Trinajstić information content (AvgIpc) is 2.93. The molecule has 2 unspecified atom stereocenters. The van der Waals surface area contributed by atoms with Crippen LogP contribution >= 0.6 is 0 Å². The molecule has 0 aliphatic rings. The molecular formula is C14H20N6O. The number of aromatic nitrogens is 3. The van der Waals surface area contributed by atoms with Gasteiger partial charge in [-0.15, -0.1) is 10.2 Å². The number of nitrogens with one attached hydrogen (secondary N) is 1. The highest BCUT2D eigenvalue weighted by Gasteiger charge is 2.19. The van der Waals surface area contributed by atoms with Crippen LogP contribution in [0.3, 0.4) is 0 Å². The normalized spacial score (nSPS) is 14.9. The maximum Gasteiger partial charge on any atom is 0.149 e. The van der Waals surface area contributed by atoms with Crippen molar-refractivity contribution < 1.29 is 5.21 Å². The molecule has 0 spiro atoms. The van der Waals surface area contributed by atoms with Crippen molar-refractivity contribution in [2.75, 3.05) is 0 Å². The van der Waals surface area contributed by atoms with E-state index in [0.717, 1.165) is 11.4 Å². The van der Waals surface area contributed by atoms with Gasteiger partial charge >= 0.3 is 0 Å². The van der Waals surface area contributed by atoms with Crippen LogP contribution in [0.25, 0.3) is 0 Å². The van der Waals surface area contributed by atoms with Gasteiger partial charge in [-0.25, -0.2) is 0 Å². The first kappa shape index (κ1) is 15.0. The van der Waals surface area contributed by atoms with E-state index in [1.165, 1.54) is 0 Å². The van der Waals surface area contributed by atoms with Crippen molar-refractivity contribution in [3.8, 4) is 0 Å². The second-order valence-corrected chi connectivity index (χ2v) is 4.95. The summed E-state index contributed by atoms with van der Waals surface area (Å²) in [5.41, 5.74) is 6.73. The van der Waals surface area contributed by atoms with E-state index in [9.17, 15) is 0 Å². The number of rotatable bonds is 6. The van der Waals surface area contributed by atoms with Gasteiger partial charge in [-0.1, -0.05) is 35.5 Å². The molecule has 7 heteroatoms. The van der Waals surface area contributed by atoms with E-state index in [1.807, 2.05) is 48.9 Å². The molecule has 0 aliphatic carbocycles. The van der Waals surface area contributed by atoms with Crippen molar-refractivity contribution in [1.29, 1.82) is 0 Å². The summed E-state index contributed by atoms with van der Waals surface area (Å²) >= 11 is 0. The fraction of sp³-hybridized carbons (Fsp3) is 0.357. The predicted octanol–water partition coefficient (Wildman–Crippen LogP) is 1.34. The summed E-state index contributed by atoms with van der Waals surface area (Å²) in [6, 6.07) is 9.79. The molecule has 0 fully saturated rings. The smallest absolute Gasteiger partial charge is 0.149 e. The molecule has 21 heavy (non-hydrogen) atoms. The number of hydrogen-bond acceptors (Lipinski definition) is 5. The Morgan fingerprint density at radius 2 is 2.14 bits per heavy atom. The number of oxime groups is 1. The van der Waals surface area contributed by atoms with Gasteiger partial charge in [0.1, 0.15) is 18.0 Å². The van der Waals surface area contributed by atoms with E-state index in [4.69, 9.17) is 10.9 Å². The third kappa shape index (κ3) is 3.79. The lowest BCUT2D eigenvalue weighted by Crippen LogP contribution is -2.30. The number of nitrogens with zero attached hydrogens (tertiary/aromatic N) is 4. The van der Waals surface area contributed by atoms with Crippen molar-refractivity contribution >= 4 is 5.84 Å². The molecule has 0 saturated carbocycles. The Labute approximate surface area is 123 Å². The number of nitrogens with two attached hydrogens (primary N) is 1. The van der Waals surface area contributed by atoms with E-state index in [1.54, 1.807) is 6.33 Å². The third-order valence-electron chi connectivity index (χ3n) is 3.33. The zero-order valence-corrected chi connectivity index (χ0v) is 12.1. The lowest BCUT2D eigenvalue weighted by atomic mass is 10.0. The zero-order chi connectivity index (χ0) is 15.2. The highest BCUT2D eigenvalue weighted by molar-refractivity contribution is 5.80. The van der Waals surface area contributed by atoms with Crippen LogP contribution in [0, 0.1) is 0 Å². The lowest BCUT2D eigenvalue weighted by molar-refractivity contribution is 0.315. The van der Waals surface area contributed by atoms with Gasteiger partial charge in [-0.05, 0) is 12.5 Å². The molecule has 0 bridgehead atoms. The maximum absolute atomic E-state index is 8.80. The van der Waals surface area contributed by atoms with Gasteiger partial charge in [0, 0.05) is 19.5 Å². The lowest BCUT2D eigenvalue weighted by Gasteiger charge is -2.23. The van der Waals surface area contributed by atoms with Crippen molar-refractivity contribution in [1.82, 2.24) is 20.1 Å². The highest BCUT2D eigenvalue weighted by atomic mass is 16.4. The zero-order valence-electron chi connectivity index (χ0n) is 12.1. The number of benzene rings is 1. The predicted molar refractivity (Wildman–Crippen MR) is 79.8 cm³/mol. The van der Waals surface area contributed by atoms with Crippen LogP contribution in [-0.2, 0) is 7.05 Å². The van der Waals surface area contributed by atoms with Gasteiger partial charge in [0.05, 0.1) is 6.04 Å². The first-order valence-electron chi connectivity index (χ1n) is 6.73. The highest BCUT2D eigenvalue weighted by Crippen LogP contribution is 2.21. The fourth-order valence-electron chi connectivity index (χ4n) is 2.27. The molecule has 4 N–H and O–H groups in total. The van der Waals surface area contributed by atoms with Crippen LogP contribution in [0.4, 0.5) is 0 Å². The molecule has 1 heterocycles. The summed E-state index contributed by atoms with van der Waals surface area (Å²) in [5.74, 6) is 1.01. The molecular weight excluding hydrogens is 268 g/mol. The Balaban J connectivity index is 2.18. The minimum Gasteiger partial charge on any atom is -0.409 e. The summed E-state index contributed by atoms with van der Waals surface area (Å²) in [6.07, 6.45) is 2.07. The Kier molecular flexibility index (Phi) is 4.89. The molecule has 1 aromatic carbocycles.